The maximum absolute atomic E-state index is 9.94. The van der Waals surface area contributed by atoms with Crippen LogP contribution in [0.15, 0.2) is 18.2 Å². The molecule has 4 nitrogen and oxygen atoms in total. The summed E-state index contributed by atoms with van der Waals surface area (Å²) in [5.41, 5.74) is 0.875. The van der Waals surface area contributed by atoms with Crippen molar-refractivity contribution in [3.63, 3.8) is 0 Å². The van der Waals surface area contributed by atoms with Crippen LogP contribution in [0.1, 0.15) is 18.9 Å². The Morgan fingerprint density at radius 2 is 1.95 bits per heavy atom. The Morgan fingerprint density at radius 1 is 1.25 bits per heavy atom. The molecule has 20 heavy (non-hydrogen) atoms. The molecule has 1 aromatic rings. The minimum Gasteiger partial charge on any atom is -0.506 e. The van der Waals surface area contributed by atoms with E-state index in [1.807, 2.05) is 12.1 Å². The molecule has 1 aromatic carbocycles. The van der Waals surface area contributed by atoms with Gasteiger partial charge in [0.05, 0.1) is 11.6 Å². The number of aliphatic hydroxyl groups excluding tert-OH is 1. The Hall–Kier alpha value is -0.810. The molecule has 0 radical (unpaired) electrons. The fourth-order valence-corrected chi connectivity index (χ4v) is 2.91. The molecule has 1 aliphatic heterocycles. The first kappa shape index (κ1) is 15.6. The Balaban J connectivity index is 1.90. The SMILES string of the molecule is CCC(CO)N1CCN(Cc2cccc(Cl)c2O)CC1. The molecule has 0 spiro atoms. The minimum absolute atomic E-state index is 0.193. The molecule has 1 atom stereocenters. The molecule has 5 heteroatoms. The van der Waals surface area contributed by atoms with Gasteiger partial charge in [-0.15, -0.1) is 0 Å². The minimum atomic E-state index is 0.193. The second-order valence-electron chi connectivity index (χ2n) is 5.30. The van der Waals surface area contributed by atoms with Crippen molar-refractivity contribution >= 4 is 11.6 Å². The topological polar surface area (TPSA) is 46.9 Å². The third-order valence-corrected chi connectivity index (χ3v) is 4.37. The number of phenolic OH excluding ortho intramolecular Hbond substituents is 1. The Bertz CT molecular complexity index is 430. The summed E-state index contributed by atoms with van der Waals surface area (Å²) >= 11 is 5.93. The average Bonchev–Trinajstić information content (AvgIpc) is 2.47. The van der Waals surface area contributed by atoms with E-state index < -0.39 is 0 Å². The Morgan fingerprint density at radius 3 is 2.55 bits per heavy atom. The van der Waals surface area contributed by atoms with E-state index in [0.717, 1.165) is 44.7 Å². The highest BCUT2D eigenvalue weighted by Crippen LogP contribution is 2.28. The number of hydrogen-bond acceptors (Lipinski definition) is 4. The second-order valence-corrected chi connectivity index (χ2v) is 5.71. The van der Waals surface area contributed by atoms with Gasteiger partial charge in [0.2, 0.25) is 0 Å². The van der Waals surface area contributed by atoms with Crippen LogP contribution >= 0.6 is 11.6 Å². The molecule has 0 amide bonds. The van der Waals surface area contributed by atoms with Crippen molar-refractivity contribution in [2.75, 3.05) is 32.8 Å². The van der Waals surface area contributed by atoms with Gasteiger partial charge in [0.15, 0.2) is 0 Å². The number of nitrogens with zero attached hydrogens (tertiary/aromatic N) is 2. The van der Waals surface area contributed by atoms with Crippen LogP contribution < -0.4 is 0 Å². The predicted molar refractivity (Wildman–Crippen MR) is 81.1 cm³/mol. The van der Waals surface area contributed by atoms with Gasteiger partial charge in [0, 0.05) is 44.3 Å². The highest BCUT2D eigenvalue weighted by atomic mass is 35.5. The summed E-state index contributed by atoms with van der Waals surface area (Å²) in [7, 11) is 0. The summed E-state index contributed by atoms with van der Waals surface area (Å²) < 4.78 is 0. The van der Waals surface area contributed by atoms with Crippen LogP contribution in [0.4, 0.5) is 0 Å². The zero-order valence-corrected chi connectivity index (χ0v) is 12.7. The number of rotatable bonds is 5. The molecule has 0 bridgehead atoms. The molecular weight excluding hydrogens is 276 g/mol. The van der Waals surface area contributed by atoms with E-state index in [9.17, 15) is 10.2 Å². The van der Waals surface area contributed by atoms with Gasteiger partial charge in [-0.2, -0.15) is 0 Å². The van der Waals surface area contributed by atoms with Crippen molar-refractivity contribution in [1.29, 1.82) is 0 Å². The van der Waals surface area contributed by atoms with Crippen molar-refractivity contribution < 1.29 is 10.2 Å². The number of benzene rings is 1. The maximum atomic E-state index is 9.94. The second kappa shape index (κ2) is 7.27. The Labute approximate surface area is 125 Å². The number of aliphatic hydroxyl groups is 1. The molecule has 0 saturated carbocycles. The number of phenols is 1. The summed E-state index contributed by atoms with van der Waals surface area (Å²) in [5, 5.41) is 19.7. The van der Waals surface area contributed by atoms with E-state index >= 15 is 0 Å². The van der Waals surface area contributed by atoms with Crippen molar-refractivity contribution in [2.45, 2.75) is 25.9 Å². The molecule has 1 fully saturated rings. The lowest BCUT2D eigenvalue weighted by atomic mass is 10.1. The highest BCUT2D eigenvalue weighted by Gasteiger charge is 2.22. The van der Waals surface area contributed by atoms with E-state index in [1.54, 1.807) is 6.07 Å². The fourth-order valence-electron chi connectivity index (χ4n) is 2.72. The van der Waals surface area contributed by atoms with Crippen LogP contribution in [-0.2, 0) is 6.54 Å². The van der Waals surface area contributed by atoms with E-state index in [2.05, 4.69) is 16.7 Å². The summed E-state index contributed by atoms with van der Waals surface area (Å²) in [4.78, 5) is 4.65. The molecule has 112 valence electrons. The normalized spacial score (nSPS) is 19.1. The first-order valence-corrected chi connectivity index (χ1v) is 7.57. The molecule has 0 aliphatic carbocycles. The zero-order chi connectivity index (χ0) is 14.5. The van der Waals surface area contributed by atoms with Crippen molar-refractivity contribution in [1.82, 2.24) is 9.80 Å². The van der Waals surface area contributed by atoms with Gasteiger partial charge in [-0.3, -0.25) is 9.80 Å². The van der Waals surface area contributed by atoms with Crippen molar-refractivity contribution in [3.8, 4) is 5.75 Å². The van der Waals surface area contributed by atoms with Crippen LogP contribution in [0.2, 0.25) is 5.02 Å². The van der Waals surface area contributed by atoms with Crippen LogP contribution in [0.3, 0.4) is 0 Å². The van der Waals surface area contributed by atoms with Gasteiger partial charge >= 0.3 is 0 Å². The molecule has 1 saturated heterocycles. The number of para-hydroxylation sites is 1. The summed E-state index contributed by atoms with van der Waals surface area (Å²) in [6, 6.07) is 5.75. The van der Waals surface area contributed by atoms with Gasteiger partial charge in [-0.25, -0.2) is 0 Å². The largest absolute Gasteiger partial charge is 0.506 e. The van der Waals surface area contributed by atoms with E-state index in [0.29, 0.717) is 5.02 Å². The van der Waals surface area contributed by atoms with E-state index in [-0.39, 0.29) is 18.4 Å². The molecular formula is C15H23ClN2O2. The van der Waals surface area contributed by atoms with Crippen molar-refractivity contribution in [3.05, 3.63) is 28.8 Å². The highest BCUT2D eigenvalue weighted by molar-refractivity contribution is 6.32. The van der Waals surface area contributed by atoms with Crippen LogP contribution in [0.5, 0.6) is 5.75 Å². The summed E-state index contributed by atoms with van der Waals surface area (Å²) in [5.74, 6) is 0.193. The van der Waals surface area contributed by atoms with Gasteiger partial charge in [-0.05, 0) is 12.5 Å². The van der Waals surface area contributed by atoms with Gasteiger partial charge in [0.1, 0.15) is 5.75 Å². The van der Waals surface area contributed by atoms with E-state index in [1.165, 1.54) is 0 Å². The number of aromatic hydroxyl groups is 1. The first-order valence-electron chi connectivity index (χ1n) is 7.19. The molecule has 2 N–H and O–H groups in total. The smallest absolute Gasteiger partial charge is 0.138 e. The lowest BCUT2D eigenvalue weighted by Crippen LogP contribution is -2.50. The monoisotopic (exact) mass is 298 g/mol. The lowest BCUT2D eigenvalue weighted by molar-refractivity contribution is 0.0606. The third kappa shape index (κ3) is 3.64. The predicted octanol–water partition coefficient (Wildman–Crippen LogP) is 1.93. The van der Waals surface area contributed by atoms with E-state index in [4.69, 9.17) is 11.6 Å². The molecule has 2 rings (SSSR count). The molecule has 1 heterocycles. The average molecular weight is 299 g/mol. The number of hydrogen-bond donors (Lipinski definition) is 2. The maximum Gasteiger partial charge on any atom is 0.138 e. The zero-order valence-electron chi connectivity index (χ0n) is 11.9. The number of halogens is 1. The summed E-state index contributed by atoms with van der Waals surface area (Å²) in [6.07, 6.45) is 0.978. The van der Waals surface area contributed by atoms with Gasteiger partial charge < -0.3 is 10.2 Å². The van der Waals surface area contributed by atoms with Crippen molar-refractivity contribution in [2.24, 2.45) is 0 Å². The fraction of sp³-hybridized carbons (Fsp3) is 0.600. The lowest BCUT2D eigenvalue weighted by Gasteiger charge is -2.38. The van der Waals surface area contributed by atoms with Gasteiger partial charge in [-0.1, -0.05) is 30.7 Å². The van der Waals surface area contributed by atoms with Crippen LogP contribution in [-0.4, -0.2) is 58.8 Å². The van der Waals surface area contributed by atoms with Crippen LogP contribution in [0, 0.1) is 0 Å². The summed E-state index contributed by atoms with van der Waals surface area (Å²) in [6.45, 7) is 6.87. The third-order valence-electron chi connectivity index (χ3n) is 4.07. The molecule has 1 unspecified atom stereocenters. The number of piperazine rings is 1. The quantitative estimate of drug-likeness (QED) is 0.872. The molecule has 0 aromatic heterocycles. The Kier molecular flexibility index (Phi) is 5.66. The van der Waals surface area contributed by atoms with Gasteiger partial charge in [0.25, 0.3) is 0 Å². The first-order chi connectivity index (χ1) is 9.65. The van der Waals surface area contributed by atoms with Crippen LogP contribution in [0.25, 0.3) is 0 Å². The standard InChI is InChI=1S/C15H23ClN2O2/c1-2-13(11-19)18-8-6-17(7-9-18)10-12-4-3-5-14(16)15(12)20/h3-5,13,19-20H,2,6-11H2,1H3. The molecule has 1 aliphatic rings.